The molecule has 1 heterocycles. The first-order valence-electron chi connectivity index (χ1n) is 9.53. The van der Waals surface area contributed by atoms with Gasteiger partial charge >= 0.3 is 0 Å². The third kappa shape index (κ3) is 6.19. The first-order valence-corrected chi connectivity index (χ1v) is 9.53. The summed E-state index contributed by atoms with van der Waals surface area (Å²) >= 11 is 0. The van der Waals surface area contributed by atoms with Crippen LogP contribution in [-0.2, 0) is 17.9 Å². The normalized spacial score (nSPS) is 14.3. The van der Waals surface area contributed by atoms with Gasteiger partial charge in [0.15, 0.2) is 0 Å². The van der Waals surface area contributed by atoms with E-state index in [1.165, 1.54) is 36.8 Å². The Morgan fingerprint density at radius 1 is 1.08 bits per heavy atom. The Kier molecular flexibility index (Phi) is 7.08. The van der Waals surface area contributed by atoms with Gasteiger partial charge in [-0.25, -0.2) is 0 Å². The number of nitrogens with zero attached hydrogens (tertiary/aromatic N) is 1. The van der Waals surface area contributed by atoms with Gasteiger partial charge < -0.3 is 9.73 Å². The van der Waals surface area contributed by atoms with Crippen LogP contribution in [0.2, 0.25) is 0 Å². The highest BCUT2D eigenvalue weighted by molar-refractivity contribution is 5.78. The van der Waals surface area contributed by atoms with E-state index in [0.29, 0.717) is 13.1 Å². The van der Waals surface area contributed by atoms with E-state index < -0.39 is 0 Å². The van der Waals surface area contributed by atoms with Crippen molar-refractivity contribution in [1.82, 2.24) is 10.2 Å². The molecule has 1 aliphatic rings. The maximum atomic E-state index is 12.4. The molecule has 1 N–H and O–H groups in total. The topological polar surface area (TPSA) is 45.5 Å². The van der Waals surface area contributed by atoms with Crippen molar-refractivity contribution in [3.63, 3.8) is 0 Å². The Morgan fingerprint density at radius 3 is 2.69 bits per heavy atom. The van der Waals surface area contributed by atoms with Crippen molar-refractivity contribution in [2.24, 2.45) is 0 Å². The molecule has 1 aliphatic carbocycles. The van der Waals surface area contributed by atoms with Crippen LogP contribution >= 0.6 is 0 Å². The Balaban J connectivity index is 1.50. The van der Waals surface area contributed by atoms with Gasteiger partial charge in [0, 0.05) is 13.1 Å². The second-order valence-electron chi connectivity index (χ2n) is 6.92. The maximum absolute atomic E-state index is 12.4. The summed E-state index contributed by atoms with van der Waals surface area (Å²) < 4.78 is 5.46. The first-order chi connectivity index (χ1) is 12.8. The summed E-state index contributed by atoms with van der Waals surface area (Å²) in [4.78, 5) is 14.5. The lowest BCUT2D eigenvalue weighted by molar-refractivity contribution is -0.122. The van der Waals surface area contributed by atoms with Gasteiger partial charge in [-0.1, -0.05) is 42.0 Å². The van der Waals surface area contributed by atoms with Crippen molar-refractivity contribution in [3.05, 3.63) is 71.7 Å². The van der Waals surface area contributed by atoms with E-state index in [9.17, 15) is 4.79 Å². The van der Waals surface area contributed by atoms with Crippen LogP contribution in [0.25, 0.3) is 0 Å². The van der Waals surface area contributed by atoms with Crippen molar-refractivity contribution in [2.75, 3.05) is 13.1 Å². The summed E-state index contributed by atoms with van der Waals surface area (Å²) in [5, 5.41) is 3.07. The van der Waals surface area contributed by atoms with Crippen molar-refractivity contribution in [2.45, 2.75) is 45.2 Å². The van der Waals surface area contributed by atoms with Crippen LogP contribution in [0.5, 0.6) is 0 Å². The molecule has 0 unspecified atom stereocenters. The van der Waals surface area contributed by atoms with Gasteiger partial charge in [-0.05, 0) is 49.8 Å². The van der Waals surface area contributed by atoms with E-state index in [4.69, 9.17) is 4.42 Å². The second kappa shape index (κ2) is 9.97. The number of benzene rings is 1. The number of hydrogen-bond acceptors (Lipinski definition) is 3. The minimum absolute atomic E-state index is 0.0731. The summed E-state index contributed by atoms with van der Waals surface area (Å²) in [6.45, 7) is 2.44. The fourth-order valence-electron chi connectivity index (χ4n) is 3.39. The monoisotopic (exact) mass is 352 g/mol. The van der Waals surface area contributed by atoms with Gasteiger partial charge in [-0.2, -0.15) is 0 Å². The third-order valence-electron chi connectivity index (χ3n) is 4.73. The largest absolute Gasteiger partial charge is 0.468 e. The molecule has 0 aliphatic heterocycles. The predicted octanol–water partition coefficient (Wildman–Crippen LogP) is 4.29. The quantitative estimate of drug-likeness (QED) is 0.685. The van der Waals surface area contributed by atoms with Crippen LogP contribution in [0.3, 0.4) is 0 Å². The zero-order valence-electron chi connectivity index (χ0n) is 15.3. The molecule has 4 nitrogen and oxygen atoms in total. The molecule has 0 spiro atoms. The van der Waals surface area contributed by atoms with Crippen LogP contribution in [0.1, 0.15) is 43.4 Å². The maximum Gasteiger partial charge on any atom is 0.234 e. The highest BCUT2D eigenvalue weighted by Crippen LogP contribution is 2.19. The summed E-state index contributed by atoms with van der Waals surface area (Å²) in [6, 6.07) is 14.1. The van der Waals surface area contributed by atoms with E-state index >= 15 is 0 Å². The highest BCUT2D eigenvalue weighted by Gasteiger charge is 2.13. The lowest BCUT2D eigenvalue weighted by Crippen LogP contribution is -2.37. The first kappa shape index (κ1) is 18.5. The molecule has 1 amide bonds. The average molecular weight is 352 g/mol. The molecule has 0 saturated heterocycles. The second-order valence-corrected chi connectivity index (χ2v) is 6.92. The molecule has 0 atom stereocenters. The minimum atomic E-state index is 0.0731. The molecule has 1 aromatic heterocycles. The van der Waals surface area contributed by atoms with Crippen LogP contribution in [0.15, 0.2) is 64.8 Å². The van der Waals surface area contributed by atoms with Gasteiger partial charge in [-0.3, -0.25) is 9.69 Å². The van der Waals surface area contributed by atoms with Crippen molar-refractivity contribution in [1.29, 1.82) is 0 Å². The molecule has 2 aromatic rings. The lowest BCUT2D eigenvalue weighted by Gasteiger charge is -2.21. The summed E-state index contributed by atoms with van der Waals surface area (Å²) in [5.74, 6) is 0.949. The number of furan rings is 1. The van der Waals surface area contributed by atoms with Crippen LogP contribution in [-0.4, -0.2) is 23.9 Å². The Morgan fingerprint density at radius 2 is 1.96 bits per heavy atom. The molecule has 1 aromatic carbocycles. The number of nitrogens with one attached hydrogen (secondary N) is 1. The number of carbonyl (C=O) groups excluding carboxylic acids is 1. The highest BCUT2D eigenvalue weighted by atomic mass is 16.3. The summed E-state index contributed by atoms with van der Waals surface area (Å²) in [7, 11) is 0. The van der Waals surface area contributed by atoms with Crippen molar-refractivity contribution < 1.29 is 9.21 Å². The number of hydrogen-bond donors (Lipinski definition) is 1. The van der Waals surface area contributed by atoms with Crippen LogP contribution in [0.4, 0.5) is 0 Å². The zero-order chi connectivity index (χ0) is 18.0. The Bertz CT molecular complexity index is 692. The number of allylic oxidation sites excluding steroid dienone is 1. The molecular weight excluding hydrogens is 324 g/mol. The standard InChI is InChI=1S/C22H28N2O2/c25-22(23-14-13-19-8-3-1-4-9-19)18-24(17-21-12-7-15-26-21)16-20-10-5-2-6-11-20/h2,5-8,10-12,15H,1,3-4,9,13-14,16-18H2,(H,23,25). The fraction of sp³-hybridized carbons (Fsp3) is 0.409. The molecule has 3 rings (SSSR count). The smallest absolute Gasteiger partial charge is 0.234 e. The molecular formula is C22H28N2O2. The SMILES string of the molecule is O=C(CN(Cc1ccccc1)Cc1ccco1)NCCC1=CCCCC1. The van der Waals surface area contributed by atoms with Crippen LogP contribution < -0.4 is 5.32 Å². The molecule has 0 fully saturated rings. The van der Waals surface area contributed by atoms with Gasteiger partial charge in [0.2, 0.25) is 5.91 Å². The summed E-state index contributed by atoms with van der Waals surface area (Å²) in [6.07, 6.45) is 9.96. The molecule has 0 radical (unpaired) electrons. The molecule has 138 valence electrons. The Labute approximate surface area is 155 Å². The van der Waals surface area contributed by atoms with E-state index in [-0.39, 0.29) is 5.91 Å². The van der Waals surface area contributed by atoms with Gasteiger partial charge in [0.05, 0.1) is 19.4 Å². The zero-order valence-corrected chi connectivity index (χ0v) is 15.3. The van der Waals surface area contributed by atoms with Gasteiger partial charge in [-0.15, -0.1) is 0 Å². The van der Waals surface area contributed by atoms with Gasteiger partial charge in [0.25, 0.3) is 0 Å². The third-order valence-corrected chi connectivity index (χ3v) is 4.73. The van der Waals surface area contributed by atoms with E-state index in [2.05, 4.69) is 28.4 Å². The summed E-state index contributed by atoms with van der Waals surface area (Å²) in [5.41, 5.74) is 2.69. The van der Waals surface area contributed by atoms with E-state index in [1.54, 1.807) is 6.26 Å². The molecule has 0 bridgehead atoms. The fourth-order valence-corrected chi connectivity index (χ4v) is 3.39. The number of carbonyl (C=O) groups is 1. The number of amides is 1. The molecule has 26 heavy (non-hydrogen) atoms. The minimum Gasteiger partial charge on any atom is -0.468 e. The van der Waals surface area contributed by atoms with Crippen molar-refractivity contribution in [3.8, 4) is 0 Å². The van der Waals surface area contributed by atoms with Crippen LogP contribution in [0, 0.1) is 0 Å². The predicted molar refractivity (Wildman–Crippen MR) is 103 cm³/mol. The van der Waals surface area contributed by atoms with E-state index in [0.717, 1.165) is 25.3 Å². The molecule has 4 heteroatoms. The molecule has 0 saturated carbocycles. The van der Waals surface area contributed by atoms with E-state index in [1.807, 2.05) is 30.3 Å². The number of rotatable bonds is 9. The Hall–Kier alpha value is -2.33. The lowest BCUT2D eigenvalue weighted by atomic mass is 9.97. The average Bonchev–Trinajstić information content (AvgIpc) is 3.16. The van der Waals surface area contributed by atoms with Crippen molar-refractivity contribution >= 4 is 5.91 Å². The van der Waals surface area contributed by atoms with Gasteiger partial charge in [0.1, 0.15) is 5.76 Å².